The van der Waals surface area contributed by atoms with Crippen molar-refractivity contribution in [1.82, 2.24) is 10.2 Å². The first kappa shape index (κ1) is 35.2. The Bertz CT molecular complexity index is 1760. The maximum atomic E-state index is 14.7. The van der Waals surface area contributed by atoms with Gasteiger partial charge in [-0.15, -0.1) is 0 Å². The van der Waals surface area contributed by atoms with Crippen molar-refractivity contribution in [2.45, 2.75) is 69.0 Å². The molecule has 0 spiro atoms. The molecule has 1 N–H and O–H groups in total. The van der Waals surface area contributed by atoms with Gasteiger partial charge < -0.3 is 15.0 Å². The van der Waals surface area contributed by atoms with Gasteiger partial charge in [0.25, 0.3) is 10.0 Å². The second-order valence-electron chi connectivity index (χ2n) is 12.2. The molecule has 252 valence electrons. The predicted molar refractivity (Wildman–Crippen MR) is 192 cm³/mol. The molecule has 1 saturated carbocycles. The molecule has 4 aromatic rings. The van der Waals surface area contributed by atoms with E-state index in [2.05, 4.69) is 21.2 Å². The molecule has 8 nitrogen and oxygen atoms in total. The Morgan fingerprint density at radius 2 is 1.50 bits per heavy atom. The minimum absolute atomic E-state index is 0.0341. The molecule has 1 aliphatic carbocycles. The maximum absolute atomic E-state index is 14.7. The van der Waals surface area contributed by atoms with Crippen LogP contribution in [0, 0.1) is 6.92 Å². The third-order valence-electron chi connectivity index (χ3n) is 8.74. The SMILES string of the molecule is COc1ccc(N(CC(=O)N(Cc2ccc(Br)cc2)[C@@H](Cc2ccccc2)C(=O)NC2CCCCC2)S(=O)(=O)c2ccc(C)cc2)cc1. The number of carbonyl (C=O) groups excluding carboxylic acids is 2. The third-order valence-corrected chi connectivity index (χ3v) is 11.1. The number of hydrogen-bond acceptors (Lipinski definition) is 5. The minimum Gasteiger partial charge on any atom is -0.497 e. The van der Waals surface area contributed by atoms with Crippen LogP contribution >= 0.6 is 15.9 Å². The van der Waals surface area contributed by atoms with Crippen molar-refractivity contribution in [3.05, 3.63) is 124 Å². The summed E-state index contributed by atoms with van der Waals surface area (Å²) in [7, 11) is -2.65. The Balaban J connectivity index is 1.56. The molecule has 4 aromatic carbocycles. The fourth-order valence-corrected chi connectivity index (χ4v) is 7.68. The zero-order valence-electron chi connectivity index (χ0n) is 27.3. The van der Waals surface area contributed by atoms with E-state index in [9.17, 15) is 18.0 Å². The lowest BCUT2D eigenvalue weighted by Crippen LogP contribution is -2.55. The smallest absolute Gasteiger partial charge is 0.264 e. The fourth-order valence-electron chi connectivity index (χ4n) is 6.00. The number of hydrogen-bond donors (Lipinski definition) is 1. The number of ether oxygens (including phenoxy) is 1. The number of nitrogens with zero attached hydrogens (tertiary/aromatic N) is 2. The normalized spacial score (nSPS) is 14.1. The Kier molecular flexibility index (Phi) is 11.9. The molecule has 10 heteroatoms. The topological polar surface area (TPSA) is 96.0 Å². The molecule has 48 heavy (non-hydrogen) atoms. The number of rotatable bonds is 13. The number of carbonyl (C=O) groups is 2. The van der Waals surface area contributed by atoms with Gasteiger partial charge in [-0.3, -0.25) is 13.9 Å². The molecule has 5 rings (SSSR count). The Morgan fingerprint density at radius 1 is 0.854 bits per heavy atom. The van der Waals surface area contributed by atoms with Gasteiger partial charge in [0, 0.05) is 23.5 Å². The summed E-state index contributed by atoms with van der Waals surface area (Å²) in [5, 5.41) is 3.24. The Labute approximate surface area is 292 Å². The van der Waals surface area contributed by atoms with Crippen LogP contribution < -0.4 is 14.4 Å². The van der Waals surface area contributed by atoms with Gasteiger partial charge in [0.1, 0.15) is 18.3 Å². The molecule has 0 unspecified atom stereocenters. The first-order valence-electron chi connectivity index (χ1n) is 16.3. The molecule has 1 atom stereocenters. The summed E-state index contributed by atoms with van der Waals surface area (Å²) in [5.74, 6) is -0.185. The van der Waals surface area contributed by atoms with E-state index in [0.717, 1.165) is 57.6 Å². The number of aryl methyl sites for hydroxylation is 1. The molecule has 0 heterocycles. The van der Waals surface area contributed by atoms with Crippen LogP contribution in [0.15, 0.2) is 112 Å². The number of sulfonamides is 1. The van der Waals surface area contributed by atoms with Crippen LogP contribution in [-0.2, 0) is 32.6 Å². The molecule has 0 aromatic heterocycles. The van der Waals surface area contributed by atoms with E-state index >= 15 is 0 Å². The number of methoxy groups -OCH3 is 1. The highest BCUT2D eigenvalue weighted by Gasteiger charge is 2.35. The monoisotopic (exact) mass is 731 g/mol. The van der Waals surface area contributed by atoms with Crippen molar-refractivity contribution in [1.29, 1.82) is 0 Å². The molecular weight excluding hydrogens is 690 g/mol. The van der Waals surface area contributed by atoms with Crippen molar-refractivity contribution >= 4 is 43.5 Å². The number of amides is 2. The van der Waals surface area contributed by atoms with Gasteiger partial charge in [0.2, 0.25) is 11.8 Å². The van der Waals surface area contributed by atoms with Crippen molar-refractivity contribution < 1.29 is 22.7 Å². The van der Waals surface area contributed by atoms with E-state index in [0.29, 0.717) is 11.4 Å². The Morgan fingerprint density at radius 3 is 2.12 bits per heavy atom. The summed E-state index contributed by atoms with van der Waals surface area (Å²) >= 11 is 3.48. The van der Waals surface area contributed by atoms with Gasteiger partial charge in [0.05, 0.1) is 17.7 Å². The Hall–Kier alpha value is -4.15. The zero-order chi connectivity index (χ0) is 34.1. The van der Waals surface area contributed by atoms with Crippen molar-refractivity contribution in [3.8, 4) is 5.75 Å². The highest BCUT2D eigenvalue weighted by molar-refractivity contribution is 9.10. The van der Waals surface area contributed by atoms with Crippen LogP contribution in [0.3, 0.4) is 0 Å². The second-order valence-corrected chi connectivity index (χ2v) is 15.0. The number of anilines is 1. The molecule has 0 radical (unpaired) electrons. The van der Waals surface area contributed by atoms with Crippen LogP contribution in [0.5, 0.6) is 5.75 Å². The van der Waals surface area contributed by atoms with Crippen molar-refractivity contribution in [2.75, 3.05) is 18.0 Å². The van der Waals surface area contributed by atoms with Gasteiger partial charge in [0.15, 0.2) is 0 Å². The first-order valence-corrected chi connectivity index (χ1v) is 18.5. The van der Waals surface area contributed by atoms with E-state index in [-0.39, 0.29) is 29.8 Å². The van der Waals surface area contributed by atoms with E-state index in [1.165, 1.54) is 12.0 Å². The predicted octanol–water partition coefficient (Wildman–Crippen LogP) is 7.05. The molecular formula is C38H42BrN3O5S. The summed E-state index contributed by atoms with van der Waals surface area (Å²) < 4.78 is 35.8. The lowest BCUT2D eigenvalue weighted by Gasteiger charge is -2.35. The summed E-state index contributed by atoms with van der Waals surface area (Å²) in [6.07, 6.45) is 5.29. The van der Waals surface area contributed by atoms with E-state index in [1.807, 2.05) is 61.5 Å². The third kappa shape index (κ3) is 9.05. The number of nitrogens with one attached hydrogen (secondary N) is 1. The molecule has 0 bridgehead atoms. The number of benzene rings is 4. The van der Waals surface area contributed by atoms with Gasteiger partial charge in [-0.25, -0.2) is 8.42 Å². The molecule has 1 fully saturated rings. The summed E-state index contributed by atoms with van der Waals surface area (Å²) in [4.78, 5) is 30.5. The first-order chi connectivity index (χ1) is 23.1. The van der Waals surface area contributed by atoms with Crippen LogP contribution in [0.4, 0.5) is 5.69 Å². The van der Waals surface area contributed by atoms with Gasteiger partial charge in [-0.1, -0.05) is 95.4 Å². The van der Waals surface area contributed by atoms with E-state index in [1.54, 1.807) is 48.5 Å². The van der Waals surface area contributed by atoms with Crippen LogP contribution in [0.2, 0.25) is 0 Å². The van der Waals surface area contributed by atoms with E-state index in [4.69, 9.17) is 4.74 Å². The largest absolute Gasteiger partial charge is 0.497 e. The summed E-state index contributed by atoms with van der Waals surface area (Å²) in [6.45, 7) is 1.48. The second kappa shape index (κ2) is 16.3. The van der Waals surface area contributed by atoms with Crippen molar-refractivity contribution in [3.63, 3.8) is 0 Å². The summed E-state index contributed by atoms with van der Waals surface area (Å²) in [6, 6.07) is 29.4. The highest BCUT2D eigenvalue weighted by atomic mass is 79.9. The molecule has 0 aliphatic heterocycles. The zero-order valence-corrected chi connectivity index (χ0v) is 29.8. The average Bonchev–Trinajstić information content (AvgIpc) is 3.10. The summed E-state index contributed by atoms with van der Waals surface area (Å²) in [5.41, 5.74) is 2.93. The van der Waals surface area contributed by atoms with Gasteiger partial charge in [-0.05, 0) is 79.4 Å². The van der Waals surface area contributed by atoms with Crippen molar-refractivity contribution in [2.24, 2.45) is 0 Å². The fraction of sp³-hybridized carbons (Fsp3) is 0.316. The number of halogens is 1. The van der Waals surface area contributed by atoms with Crippen LogP contribution in [-0.4, -0.2) is 50.9 Å². The van der Waals surface area contributed by atoms with Crippen LogP contribution in [0.1, 0.15) is 48.8 Å². The average molecular weight is 733 g/mol. The van der Waals surface area contributed by atoms with Gasteiger partial charge >= 0.3 is 0 Å². The molecule has 0 saturated heterocycles. The van der Waals surface area contributed by atoms with Gasteiger partial charge in [-0.2, -0.15) is 0 Å². The standard InChI is InChI=1S/C38H42BrN3O5S/c1-28-13-23-35(24-14-28)48(45,46)42(33-19-21-34(47-2)22-20-33)27-37(43)41(26-30-15-17-31(39)18-16-30)36(25-29-9-5-3-6-10-29)38(44)40-32-11-7-4-8-12-32/h3,5-6,9-10,13-24,32,36H,4,7-8,11-12,25-27H2,1-2H3,(H,40,44)/t36-/m0/s1. The van der Waals surface area contributed by atoms with E-state index < -0.39 is 28.5 Å². The lowest BCUT2D eigenvalue weighted by atomic mass is 9.94. The highest BCUT2D eigenvalue weighted by Crippen LogP contribution is 2.28. The molecule has 2 amide bonds. The quantitative estimate of drug-likeness (QED) is 0.159. The minimum atomic E-state index is -4.19. The lowest BCUT2D eigenvalue weighted by molar-refractivity contribution is -0.140. The molecule has 1 aliphatic rings. The maximum Gasteiger partial charge on any atom is 0.264 e. The van der Waals surface area contributed by atoms with Crippen LogP contribution in [0.25, 0.3) is 0 Å².